The number of fused-ring (bicyclic) bond motifs is 1. The number of carbonyl (C=O) groups excluding carboxylic acids is 1. The first-order valence-electron chi connectivity index (χ1n) is 9.42. The minimum absolute atomic E-state index is 0.0565. The maximum atomic E-state index is 12.7. The van der Waals surface area contributed by atoms with Crippen LogP contribution in [0.5, 0.6) is 0 Å². The third kappa shape index (κ3) is 4.12. The van der Waals surface area contributed by atoms with Crippen molar-refractivity contribution in [1.82, 2.24) is 4.90 Å². The molecule has 1 aliphatic rings. The molecular formula is C23H24N2OS. The Hall–Kier alpha value is -2.43. The van der Waals surface area contributed by atoms with Crippen molar-refractivity contribution in [3.05, 3.63) is 87.6 Å². The molecule has 0 saturated carbocycles. The second-order valence-electron chi connectivity index (χ2n) is 7.06. The van der Waals surface area contributed by atoms with Crippen LogP contribution in [-0.2, 0) is 17.6 Å². The molecule has 0 unspecified atom stereocenters. The molecule has 0 radical (unpaired) electrons. The summed E-state index contributed by atoms with van der Waals surface area (Å²) in [5.41, 5.74) is 4.67. The molecule has 138 valence electrons. The van der Waals surface area contributed by atoms with Crippen LogP contribution in [0.4, 0.5) is 5.69 Å². The Kier molecular flexibility index (Phi) is 5.37. The zero-order valence-electron chi connectivity index (χ0n) is 15.5. The average molecular weight is 377 g/mol. The van der Waals surface area contributed by atoms with E-state index in [1.165, 1.54) is 16.0 Å². The van der Waals surface area contributed by atoms with E-state index in [1.54, 1.807) is 0 Å². The molecule has 2 heterocycles. The van der Waals surface area contributed by atoms with Gasteiger partial charge in [-0.2, -0.15) is 0 Å². The fourth-order valence-corrected chi connectivity index (χ4v) is 4.73. The molecule has 1 atom stereocenters. The maximum Gasteiger partial charge on any atom is 0.238 e. The Morgan fingerprint density at radius 1 is 1.11 bits per heavy atom. The number of rotatable bonds is 5. The highest BCUT2D eigenvalue weighted by molar-refractivity contribution is 7.10. The van der Waals surface area contributed by atoms with E-state index in [9.17, 15) is 4.79 Å². The van der Waals surface area contributed by atoms with Gasteiger partial charge in [0, 0.05) is 23.2 Å². The molecule has 0 saturated heterocycles. The van der Waals surface area contributed by atoms with Gasteiger partial charge in [-0.3, -0.25) is 9.69 Å². The molecule has 4 rings (SSSR count). The normalized spacial score (nSPS) is 16.7. The topological polar surface area (TPSA) is 32.3 Å². The largest absolute Gasteiger partial charge is 0.325 e. The lowest BCUT2D eigenvalue weighted by Crippen LogP contribution is -2.39. The van der Waals surface area contributed by atoms with Crippen LogP contribution in [0.1, 0.15) is 34.5 Å². The van der Waals surface area contributed by atoms with Crippen molar-refractivity contribution in [1.29, 1.82) is 0 Å². The first kappa shape index (κ1) is 18.0. The van der Waals surface area contributed by atoms with Crippen molar-refractivity contribution < 1.29 is 4.79 Å². The summed E-state index contributed by atoms with van der Waals surface area (Å²) < 4.78 is 0. The van der Waals surface area contributed by atoms with Crippen molar-refractivity contribution in [2.45, 2.75) is 25.8 Å². The van der Waals surface area contributed by atoms with Crippen LogP contribution >= 0.6 is 11.3 Å². The Bertz CT molecular complexity index is 919. The monoisotopic (exact) mass is 376 g/mol. The van der Waals surface area contributed by atoms with Crippen molar-refractivity contribution in [2.24, 2.45) is 0 Å². The highest BCUT2D eigenvalue weighted by Gasteiger charge is 2.26. The van der Waals surface area contributed by atoms with E-state index < -0.39 is 0 Å². The van der Waals surface area contributed by atoms with E-state index in [2.05, 4.69) is 46.8 Å². The molecule has 0 spiro atoms. The summed E-state index contributed by atoms with van der Waals surface area (Å²) in [6.45, 7) is 3.56. The second kappa shape index (κ2) is 8.07. The number of hydrogen-bond donors (Lipinski definition) is 1. The lowest BCUT2D eigenvalue weighted by Gasteiger charge is -2.33. The van der Waals surface area contributed by atoms with Crippen molar-refractivity contribution in [3.8, 4) is 0 Å². The van der Waals surface area contributed by atoms with Crippen molar-refractivity contribution >= 4 is 22.9 Å². The number of hydrogen-bond acceptors (Lipinski definition) is 3. The van der Waals surface area contributed by atoms with Gasteiger partial charge < -0.3 is 5.32 Å². The molecule has 1 N–H and O–H groups in total. The number of carbonyl (C=O) groups is 1. The van der Waals surface area contributed by atoms with E-state index in [0.717, 1.165) is 30.6 Å². The van der Waals surface area contributed by atoms with Gasteiger partial charge in [0.1, 0.15) is 0 Å². The summed E-state index contributed by atoms with van der Waals surface area (Å²) in [6.07, 6.45) is 1.85. The number of thiophene rings is 1. The number of amides is 1. The fraction of sp³-hybridized carbons (Fsp3) is 0.261. The van der Waals surface area contributed by atoms with Gasteiger partial charge in [0.05, 0.1) is 6.54 Å². The molecule has 0 fully saturated rings. The van der Waals surface area contributed by atoms with Crippen LogP contribution < -0.4 is 5.32 Å². The van der Waals surface area contributed by atoms with E-state index in [0.29, 0.717) is 12.6 Å². The molecular weight excluding hydrogens is 352 g/mol. The summed E-state index contributed by atoms with van der Waals surface area (Å²) in [7, 11) is 0. The van der Waals surface area contributed by atoms with Gasteiger partial charge in [0.25, 0.3) is 0 Å². The van der Waals surface area contributed by atoms with E-state index in [1.807, 2.05) is 47.7 Å². The summed E-state index contributed by atoms with van der Waals surface area (Å²) in [4.78, 5) is 16.5. The van der Waals surface area contributed by atoms with Gasteiger partial charge in [0.15, 0.2) is 0 Å². The average Bonchev–Trinajstić information content (AvgIpc) is 3.16. The van der Waals surface area contributed by atoms with Crippen LogP contribution in [0.3, 0.4) is 0 Å². The van der Waals surface area contributed by atoms with Crippen LogP contribution in [0.15, 0.2) is 66.0 Å². The fourth-order valence-electron chi connectivity index (χ4n) is 3.76. The number of para-hydroxylation sites is 1. The molecule has 1 aliphatic heterocycles. The standard InChI is InChI=1S/C23H24N2OS/c1-17-20-12-14-27-22(20)11-13-25(17)16-23(26)24-21-10-6-5-9-19(21)15-18-7-3-2-4-8-18/h2-10,12,14,17H,11,13,15-16H2,1H3,(H,24,26)/t17-/m1/s1. The molecule has 3 nitrogen and oxygen atoms in total. The second-order valence-corrected chi connectivity index (χ2v) is 8.06. The van der Waals surface area contributed by atoms with Gasteiger partial charge in [0.2, 0.25) is 5.91 Å². The van der Waals surface area contributed by atoms with E-state index >= 15 is 0 Å². The van der Waals surface area contributed by atoms with Gasteiger partial charge in [-0.1, -0.05) is 48.5 Å². The van der Waals surface area contributed by atoms with Crippen molar-refractivity contribution in [3.63, 3.8) is 0 Å². The van der Waals surface area contributed by atoms with Gasteiger partial charge in [-0.25, -0.2) is 0 Å². The molecule has 3 aromatic rings. The lowest BCUT2D eigenvalue weighted by atomic mass is 10.0. The first-order valence-corrected chi connectivity index (χ1v) is 10.3. The third-order valence-electron chi connectivity index (χ3n) is 5.28. The molecule has 0 bridgehead atoms. The number of anilines is 1. The number of nitrogens with zero attached hydrogens (tertiary/aromatic N) is 1. The Morgan fingerprint density at radius 3 is 2.74 bits per heavy atom. The number of benzene rings is 2. The Morgan fingerprint density at radius 2 is 1.89 bits per heavy atom. The van der Waals surface area contributed by atoms with E-state index in [4.69, 9.17) is 0 Å². The van der Waals surface area contributed by atoms with Crippen LogP contribution in [0.25, 0.3) is 0 Å². The SMILES string of the molecule is C[C@@H]1c2ccsc2CCN1CC(=O)Nc1ccccc1Cc1ccccc1. The highest BCUT2D eigenvalue weighted by atomic mass is 32.1. The van der Waals surface area contributed by atoms with Crippen molar-refractivity contribution in [2.75, 3.05) is 18.4 Å². The summed E-state index contributed by atoms with van der Waals surface area (Å²) in [5.74, 6) is 0.0565. The zero-order valence-corrected chi connectivity index (χ0v) is 16.3. The molecule has 4 heteroatoms. The minimum atomic E-state index is 0.0565. The smallest absolute Gasteiger partial charge is 0.238 e. The zero-order chi connectivity index (χ0) is 18.6. The summed E-state index contributed by atoms with van der Waals surface area (Å²) in [6, 6.07) is 20.9. The quantitative estimate of drug-likeness (QED) is 0.687. The predicted molar refractivity (Wildman–Crippen MR) is 112 cm³/mol. The molecule has 27 heavy (non-hydrogen) atoms. The predicted octanol–water partition coefficient (Wildman–Crippen LogP) is 4.90. The third-order valence-corrected chi connectivity index (χ3v) is 6.28. The van der Waals surface area contributed by atoms with E-state index in [-0.39, 0.29) is 5.91 Å². The summed E-state index contributed by atoms with van der Waals surface area (Å²) in [5, 5.41) is 5.30. The Labute approximate surface area is 164 Å². The Balaban J connectivity index is 1.43. The van der Waals surface area contributed by atoms with Gasteiger partial charge in [-0.15, -0.1) is 11.3 Å². The first-order chi connectivity index (χ1) is 13.2. The molecule has 1 aromatic heterocycles. The molecule has 0 aliphatic carbocycles. The summed E-state index contributed by atoms with van der Waals surface area (Å²) >= 11 is 1.83. The lowest BCUT2D eigenvalue weighted by molar-refractivity contribution is -0.117. The highest BCUT2D eigenvalue weighted by Crippen LogP contribution is 2.32. The van der Waals surface area contributed by atoms with Gasteiger partial charge >= 0.3 is 0 Å². The van der Waals surface area contributed by atoms with Crippen LogP contribution in [0.2, 0.25) is 0 Å². The maximum absolute atomic E-state index is 12.7. The number of nitrogens with one attached hydrogen (secondary N) is 1. The minimum Gasteiger partial charge on any atom is -0.325 e. The molecule has 2 aromatic carbocycles. The van der Waals surface area contributed by atoms with Crippen LogP contribution in [-0.4, -0.2) is 23.9 Å². The van der Waals surface area contributed by atoms with Gasteiger partial charge in [-0.05, 0) is 54.0 Å². The molecule has 1 amide bonds. The van der Waals surface area contributed by atoms with Crippen LogP contribution in [0, 0.1) is 0 Å².